The number of carbonyl (C=O) groups excluding carboxylic acids is 1. The molecule has 0 radical (unpaired) electrons. The van der Waals surface area contributed by atoms with Gasteiger partial charge < -0.3 is 4.57 Å². The van der Waals surface area contributed by atoms with Crippen LogP contribution in [0.15, 0.2) is 30.9 Å². The lowest BCUT2D eigenvalue weighted by atomic mass is 10.2. The Hall–Kier alpha value is -3.74. The first kappa shape index (κ1) is 24.9. The second-order valence-electron chi connectivity index (χ2n) is 8.84. The number of halogens is 4. The van der Waals surface area contributed by atoms with Crippen molar-refractivity contribution in [3.63, 3.8) is 0 Å². The van der Waals surface area contributed by atoms with E-state index in [1.807, 2.05) is 13.8 Å². The molecule has 10 nitrogen and oxygen atoms in total. The molecule has 0 atom stereocenters. The average molecular weight is 534 g/mol. The highest BCUT2D eigenvalue weighted by molar-refractivity contribution is 6.33. The maximum absolute atomic E-state index is 13.1. The van der Waals surface area contributed by atoms with Gasteiger partial charge in [-0.05, 0) is 20.8 Å². The number of carbonyl (C=O) groups is 1. The first-order valence-corrected chi connectivity index (χ1v) is 12.0. The number of rotatable bonds is 6. The fraction of sp³-hybridized carbons (Fsp3) is 0.391. The first-order valence-electron chi connectivity index (χ1n) is 11.6. The quantitative estimate of drug-likeness (QED) is 0.359. The molecule has 0 N–H and O–H groups in total. The predicted molar refractivity (Wildman–Crippen MR) is 129 cm³/mol. The number of aryl methyl sites for hydroxylation is 2. The molecular weight excluding hydrogens is 511 g/mol. The van der Waals surface area contributed by atoms with Crippen LogP contribution in [0.4, 0.5) is 19.0 Å². The Morgan fingerprint density at radius 3 is 2.54 bits per heavy atom. The van der Waals surface area contributed by atoms with E-state index in [2.05, 4.69) is 25.1 Å². The van der Waals surface area contributed by atoms with Crippen molar-refractivity contribution in [3.05, 3.63) is 47.4 Å². The standard InChI is InChI=1S/C23H23ClF3N9O/c1-4-33-11-17(23(25,26)27)31-22(33)14-8-28-18(29-9-14)12-34-19-7-16(32-35(19)6-5-20(34)37)21-15(24)10-30-36(21)13(2)3/h7-11,13H,4-6,12H2,1-3H3. The van der Waals surface area contributed by atoms with Gasteiger partial charge in [-0.2, -0.15) is 23.4 Å². The molecule has 4 aromatic rings. The number of alkyl halides is 3. The van der Waals surface area contributed by atoms with Gasteiger partial charge in [0.1, 0.15) is 28.9 Å². The van der Waals surface area contributed by atoms with Crippen LogP contribution in [0.5, 0.6) is 0 Å². The molecule has 5 heterocycles. The molecular formula is C23H23ClF3N9O. The smallest absolute Gasteiger partial charge is 0.331 e. The lowest BCUT2D eigenvalue weighted by Gasteiger charge is -2.26. The lowest BCUT2D eigenvalue weighted by Crippen LogP contribution is -2.37. The van der Waals surface area contributed by atoms with Crippen LogP contribution in [-0.4, -0.2) is 45.0 Å². The van der Waals surface area contributed by atoms with Crippen molar-refractivity contribution in [2.24, 2.45) is 0 Å². The summed E-state index contributed by atoms with van der Waals surface area (Å²) in [6.07, 6.45) is 1.05. The van der Waals surface area contributed by atoms with Crippen molar-refractivity contribution < 1.29 is 18.0 Å². The van der Waals surface area contributed by atoms with Crippen molar-refractivity contribution in [2.75, 3.05) is 4.90 Å². The van der Waals surface area contributed by atoms with E-state index in [0.717, 1.165) is 6.20 Å². The van der Waals surface area contributed by atoms with Crippen molar-refractivity contribution in [1.82, 2.24) is 39.1 Å². The average Bonchev–Trinajstić information content (AvgIpc) is 3.57. The van der Waals surface area contributed by atoms with E-state index in [1.54, 1.807) is 28.6 Å². The summed E-state index contributed by atoms with van der Waals surface area (Å²) in [6, 6.07) is 1.84. The normalized spacial score (nSPS) is 14.1. The minimum absolute atomic E-state index is 0.0568. The molecule has 0 aromatic carbocycles. The van der Waals surface area contributed by atoms with Gasteiger partial charge in [-0.3, -0.25) is 14.4 Å². The van der Waals surface area contributed by atoms with E-state index in [4.69, 9.17) is 11.6 Å². The molecule has 4 aromatic heterocycles. The summed E-state index contributed by atoms with van der Waals surface area (Å²) in [5, 5.41) is 9.44. The van der Waals surface area contributed by atoms with Crippen molar-refractivity contribution in [2.45, 2.75) is 59.0 Å². The van der Waals surface area contributed by atoms with Crippen LogP contribution in [0, 0.1) is 0 Å². The maximum Gasteiger partial charge on any atom is 0.434 e. The fourth-order valence-electron chi connectivity index (χ4n) is 4.23. The molecule has 0 fully saturated rings. The Bertz CT molecular complexity index is 1450. The van der Waals surface area contributed by atoms with Crippen LogP contribution in [0.3, 0.4) is 0 Å². The molecule has 0 unspecified atom stereocenters. The van der Waals surface area contributed by atoms with Crippen LogP contribution in [0.2, 0.25) is 5.02 Å². The molecule has 194 valence electrons. The van der Waals surface area contributed by atoms with Crippen LogP contribution in [0.1, 0.15) is 44.8 Å². The molecule has 0 saturated heterocycles. The molecule has 0 saturated carbocycles. The summed E-state index contributed by atoms with van der Waals surface area (Å²) in [4.78, 5) is 26.7. The van der Waals surface area contributed by atoms with Gasteiger partial charge in [0.25, 0.3) is 0 Å². The van der Waals surface area contributed by atoms with Gasteiger partial charge in [0.05, 0.1) is 29.9 Å². The third-order valence-corrected chi connectivity index (χ3v) is 6.30. The molecule has 1 amide bonds. The van der Waals surface area contributed by atoms with Gasteiger partial charge in [-0.15, -0.1) is 0 Å². The van der Waals surface area contributed by atoms with Gasteiger partial charge >= 0.3 is 6.18 Å². The maximum atomic E-state index is 13.1. The molecule has 0 bridgehead atoms. The third kappa shape index (κ3) is 4.59. The monoisotopic (exact) mass is 533 g/mol. The topological polar surface area (TPSA) is 99.5 Å². The number of imidazole rings is 1. The summed E-state index contributed by atoms with van der Waals surface area (Å²) in [5.41, 5.74) is 0.621. The summed E-state index contributed by atoms with van der Waals surface area (Å²) >= 11 is 6.39. The van der Waals surface area contributed by atoms with Gasteiger partial charge in [-0.25, -0.2) is 19.6 Å². The molecule has 0 aliphatic carbocycles. The van der Waals surface area contributed by atoms with Crippen LogP contribution in [0.25, 0.3) is 22.8 Å². The summed E-state index contributed by atoms with van der Waals surface area (Å²) in [6.45, 7) is 6.47. The lowest BCUT2D eigenvalue weighted by molar-refractivity contribution is -0.140. The molecule has 5 rings (SSSR count). The Morgan fingerprint density at radius 1 is 1.16 bits per heavy atom. The number of amides is 1. The summed E-state index contributed by atoms with van der Waals surface area (Å²) < 4.78 is 44.3. The van der Waals surface area contributed by atoms with E-state index < -0.39 is 11.9 Å². The Morgan fingerprint density at radius 2 is 1.89 bits per heavy atom. The van der Waals surface area contributed by atoms with Gasteiger partial charge in [-0.1, -0.05) is 11.6 Å². The highest BCUT2D eigenvalue weighted by atomic mass is 35.5. The number of hydrogen-bond donors (Lipinski definition) is 0. The molecule has 0 spiro atoms. The van der Waals surface area contributed by atoms with E-state index in [0.29, 0.717) is 46.7 Å². The Labute approximate surface area is 214 Å². The molecule has 37 heavy (non-hydrogen) atoms. The highest BCUT2D eigenvalue weighted by Crippen LogP contribution is 2.34. The third-order valence-electron chi connectivity index (χ3n) is 6.03. The molecule has 1 aliphatic rings. The number of hydrogen-bond acceptors (Lipinski definition) is 6. The minimum Gasteiger partial charge on any atom is -0.331 e. The van der Waals surface area contributed by atoms with Crippen molar-refractivity contribution in [3.8, 4) is 22.8 Å². The first-order chi connectivity index (χ1) is 17.6. The number of anilines is 1. The number of nitrogens with zero attached hydrogens (tertiary/aromatic N) is 9. The van der Waals surface area contributed by atoms with Crippen LogP contribution in [-0.2, 0) is 30.6 Å². The van der Waals surface area contributed by atoms with Crippen LogP contribution < -0.4 is 4.90 Å². The van der Waals surface area contributed by atoms with Gasteiger partial charge in [0.2, 0.25) is 5.91 Å². The predicted octanol–water partition coefficient (Wildman–Crippen LogP) is 4.61. The zero-order valence-electron chi connectivity index (χ0n) is 20.2. The second kappa shape index (κ2) is 9.29. The minimum atomic E-state index is -4.55. The Balaban J connectivity index is 1.43. The van der Waals surface area contributed by atoms with E-state index in [9.17, 15) is 18.0 Å². The van der Waals surface area contributed by atoms with E-state index in [1.165, 1.54) is 21.9 Å². The number of fused-ring (bicyclic) bond motifs is 1. The fourth-order valence-corrected chi connectivity index (χ4v) is 4.45. The second-order valence-corrected chi connectivity index (χ2v) is 9.25. The number of aromatic nitrogens is 8. The zero-order chi connectivity index (χ0) is 26.5. The van der Waals surface area contributed by atoms with E-state index >= 15 is 0 Å². The van der Waals surface area contributed by atoms with Gasteiger partial charge in [0.15, 0.2) is 5.69 Å². The molecule has 14 heteroatoms. The van der Waals surface area contributed by atoms with Crippen LogP contribution >= 0.6 is 11.6 Å². The SMILES string of the molecule is CCn1cc(C(F)(F)F)nc1-c1cnc(CN2C(=O)CCn3nc(-c4c(Cl)cnn4C(C)C)cc32)nc1. The summed E-state index contributed by atoms with van der Waals surface area (Å²) in [7, 11) is 0. The van der Waals surface area contributed by atoms with E-state index in [-0.39, 0.29) is 30.7 Å². The largest absolute Gasteiger partial charge is 0.434 e. The zero-order valence-corrected chi connectivity index (χ0v) is 21.0. The Kier molecular flexibility index (Phi) is 6.26. The van der Waals surface area contributed by atoms with Gasteiger partial charge in [0, 0.05) is 43.7 Å². The summed E-state index contributed by atoms with van der Waals surface area (Å²) in [5.74, 6) is 0.898. The molecule has 1 aliphatic heterocycles. The highest BCUT2D eigenvalue weighted by Gasteiger charge is 2.35. The van der Waals surface area contributed by atoms with Crippen molar-refractivity contribution >= 4 is 23.3 Å². The van der Waals surface area contributed by atoms with Crippen molar-refractivity contribution in [1.29, 1.82) is 0 Å².